The summed E-state index contributed by atoms with van der Waals surface area (Å²) in [7, 11) is 0. The first-order valence-electron chi connectivity index (χ1n) is 10.4. The molecule has 0 radical (unpaired) electrons. The van der Waals surface area contributed by atoms with E-state index in [1.54, 1.807) is 0 Å². The zero-order valence-corrected chi connectivity index (χ0v) is 17.4. The highest BCUT2D eigenvalue weighted by Gasteiger charge is 2.35. The molecule has 2 heterocycles. The Morgan fingerprint density at radius 3 is 2.50 bits per heavy atom. The van der Waals surface area contributed by atoms with E-state index in [9.17, 15) is 0 Å². The number of hydrogen-bond acceptors (Lipinski definition) is 3. The standard InChI is InChI=1S/C26H22N2O.ClH/c27-24-19-12-6-7-13-21(19)28-26-23(24)22(17-9-2-1-3-10-17)20-15-14-16-8-4-5-11-18(16)25(20)29-26;/h1-5,8-11,14-15,22H,6-7,12-13H2,(H2,27,28);1H. The van der Waals surface area contributed by atoms with Gasteiger partial charge < -0.3 is 10.5 Å². The molecule has 3 aromatic carbocycles. The molecule has 1 aromatic heterocycles. The summed E-state index contributed by atoms with van der Waals surface area (Å²) in [6, 6.07) is 23.3. The van der Waals surface area contributed by atoms with Crippen molar-refractivity contribution in [2.45, 2.75) is 31.6 Å². The van der Waals surface area contributed by atoms with E-state index in [1.165, 1.54) is 29.4 Å². The van der Waals surface area contributed by atoms with Gasteiger partial charge in [-0.3, -0.25) is 0 Å². The predicted molar refractivity (Wildman–Crippen MR) is 124 cm³/mol. The summed E-state index contributed by atoms with van der Waals surface area (Å²) in [6.45, 7) is 0. The maximum absolute atomic E-state index is 6.80. The molecule has 30 heavy (non-hydrogen) atoms. The Morgan fingerprint density at radius 2 is 1.63 bits per heavy atom. The van der Waals surface area contributed by atoms with Gasteiger partial charge in [-0.15, -0.1) is 12.4 Å². The Balaban J connectivity index is 0.00000193. The normalized spacial score (nSPS) is 16.6. The SMILES string of the molecule is Cl.Nc1c2c(nc3c1C(c1ccccc1)c1ccc4ccccc4c1O3)CCCC2. The quantitative estimate of drug-likeness (QED) is 0.345. The maximum atomic E-state index is 6.80. The molecule has 0 spiro atoms. The summed E-state index contributed by atoms with van der Waals surface area (Å²) < 4.78 is 6.50. The first kappa shape index (κ1) is 19.0. The van der Waals surface area contributed by atoms with Gasteiger partial charge in [0.2, 0.25) is 5.88 Å². The summed E-state index contributed by atoms with van der Waals surface area (Å²) in [5, 5.41) is 2.29. The van der Waals surface area contributed by atoms with E-state index in [0.29, 0.717) is 5.88 Å². The number of halogens is 1. The number of aryl methyl sites for hydroxylation is 1. The second-order valence-corrected chi connectivity index (χ2v) is 8.03. The van der Waals surface area contributed by atoms with Gasteiger partial charge in [0.15, 0.2) is 0 Å². The second-order valence-electron chi connectivity index (χ2n) is 8.03. The molecule has 4 aromatic rings. The van der Waals surface area contributed by atoms with Crippen LogP contribution in [0.25, 0.3) is 10.8 Å². The lowest BCUT2D eigenvalue weighted by atomic mass is 9.80. The Kier molecular flexibility index (Phi) is 4.63. The summed E-state index contributed by atoms with van der Waals surface area (Å²) in [4.78, 5) is 4.99. The third kappa shape index (κ3) is 2.77. The predicted octanol–water partition coefficient (Wildman–Crippen LogP) is 6.40. The zero-order valence-electron chi connectivity index (χ0n) is 16.6. The minimum atomic E-state index is 0. The van der Waals surface area contributed by atoms with Crippen molar-refractivity contribution < 1.29 is 4.74 Å². The summed E-state index contributed by atoms with van der Waals surface area (Å²) in [5.41, 5.74) is 13.4. The highest BCUT2D eigenvalue weighted by atomic mass is 35.5. The van der Waals surface area contributed by atoms with Gasteiger partial charge >= 0.3 is 0 Å². The van der Waals surface area contributed by atoms with Gasteiger partial charge in [0.25, 0.3) is 0 Å². The van der Waals surface area contributed by atoms with Crippen molar-refractivity contribution in [3.63, 3.8) is 0 Å². The molecule has 3 nitrogen and oxygen atoms in total. The molecule has 6 rings (SSSR count). The van der Waals surface area contributed by atoms with Crippen LogP contribution in [-0.2, 0) is 12.8 Å². The Hall–Kier alpha value is -3.04. The first-order valence-corrected chi connectivity index (χ1v) is 10.4. The number of fused-ring (bicyclic) bond motifs is 5. The van der Waals surface area contributed by atoms with Crippen molar-refractivity contribution in [2.24, 2.45) is 0 Å². The van der Waals surface area contributed by atoms with Crippen LogP contribution in [0.1, 0.15) is 46.7 Å². The largest absolute Gasteiger partial charge is 0.438 e. The van der Waals surface area contributed by atoms with E-state index in [1.807, 2.05) is 0 Å². The lowest BCUT2D eigenvalue weighted by molar-refractivity contribution is 0.435. The Morgan fingerprint density at radius 1 is 0.867 bits per heavy atom. The molecule has 2 N–H and O–H groups in total. The van der Waals surface area contributed by atoms with E-state index in [2.05, 4.69) is 66.7 Å². The fraction of sp³-hybridized carbons (Fsp3) is 0.192. The smallest absolute Gasteiger partial charge is 0.225 e. The molecule has 0 fully saturated rings. The van der Waals surface area contributed by atoms with Crippen LogP contribution in [0.3, 0.4) is 0 Å². The molecule has 0 saturated carbocycles. The van der Waals surface area contributed by atoms with Crippen LogP contribution in [0, 0.1) is 0 Å². The van der Waals surface area contributed by atoms with Gasteiger partial charge in [-0.1, -0.05) is 66.7 Å². The average molecular weight is 415 g/mol. The number of nitrogens with zero attached hydrogens (tertiary/aromatic N) is 1. The van der Waals surface area contributed by atoms with Crippen LogP contribution in [0.5, 0.6) is 11.6 Å². The molecule has 0 saturated heterocycles. The number of anilines is 1. The summed E-state index contributed by atoms with van der Waals surface area (Å²) in [5.74, 6) is 1.62. The van der Waals surface area contributed by atoms with Crippen LogP contribution in [-0.4, -0.2) is 4.98 Å². The molecule has 1 aliphatic heterocycles. The van der Waals surface area contributed by atoms with E-state index >= 15 is 0 Å². The number of nitrogen functional groups attached to an aromatic ring is 1. The molecular weight excluding hydrogens is 392 g/mol. The third-order valence-corrected chi connectivity index (χ3v) is 6.36. The van der Waals surface area contributed by atoms with Gasteiger partial charge in [-0.2, -0.15) is 0 Å². The summed E-state index contributed by atoms with van der Waals surface area (Å²) >= 11 is 0. The van der Waals surface area contributed by atoms with Gasteiger partial charge in [0.05, 0.1) is 0 Å². The average Bonchev–Trinajstić information content (AvgIpc) is 2.78. The minimum absolute atomic E-state index is 0. The Bertz CT molecular complexity index is 1250. The molecule has 1 aliphatic carbocycles. The molecule has 4 heteroatoms. The van der Waals surface area contributed by atoms with Crippen LogP contribution < -0.4 is 10.5 Å². The number of rotatable bonds is 1. The number of benzene rings is 3. The van der Waals surface area contributed by atoms with Crippen molar-refractivity contribution in [1.82, 2.24) is 4.98 Å². The molecule has 1 unspecified atom stereocenters. The number of nitrogens with two attached hydrogens (primary N) is 1. The van der Waals surface area contributed by atoms with E-state index in [4.69, 9.17) is 15.5 Å². The highest BCUT2D eigenvalue weighted by molar-refractivity contribution is 5.91. The van der Waals surface area contributed by atoms with Crippen LogP contribution in [0.4, 0.5) is 5.69 Å². The lowest BCUT2D eigenvalue weighted by Crippen LogP contribution is -2.19. The zero-order chi connectivity index (χ0) is 19.4. The number of aromatic nitrogens is 1. The van der Waals surface area contributed by atoms with Crippen LogP contribution in [0.2, 0.25) is 0 Å². The van der Waals surface area contributed by atoms with Crippen molar-refractivity contribution in [1.29, 1.82) is 0 Å². The number of hydrogen-bond donors (Lipinski definition) is 1. The van der Waals surface area contributed by atoms with Gasteiger partial charge in [-0.05, 0) is 42.2 Å². The monoisotopic (exact) mass is 414 g/mol. The molecular formula is C26H23ClN2O. The van der Waals surface area contributed by atoms with Crippen LogP contribution in [0.15, 0.2) is 66.7 Å². The Labute approximate surface area is 182 Å². The van der Waals surface area contributed by atoms with Crippen molar-refractivity contribution in [3.05, 3.63) is 94.7 Å². The van der Waals surface area contributed by atoms with E-state index in [0.717, 1.165) is 46.5 Å². The third-order valence-electron chi connectivity index (χ3n) is 6.36. The molecule has 0 bridgehead atoms. The molecule has 2 aliphatic rings. The molecule has 0 amide bonds. The lowest BCUT2D eigenvalue weighted by Gasteiger charge is -2.32. The van der Waals surface area contributed by atoms with Gasteiger partial charge in [0.1, 0.15) is 5.75 Å². The van der Waals surface area contributed by atoms with Crippen LogP contribution >= 0.6 is 12.4 Å². The van der Waals surface area contributed by atoms with Crippen molar-refractivity contribution in [3.8, 4) is 11.6 Å². The van der Waals surface area contributed by atoms with E-state index < -0.39 is 0 Å². The van der Waals surface area contributed by atoms with Gasteiger partial charge in [0, 0.05) is 33.8 Å². The molecule has 1 atom stereocenters. The number of ether oxygens (including phenoxy) is 1. The minimum Gasteiger partial charge on any atom is -0.438 e. The topological polar surface area (TPSA) is 48.1 Å². The fourth-order valence-corrected chi connectivity index (χ4v) is 4.97. The van der Waals surface area contributed by atoms with E-state index in [-0.39, 0.29) is 18.3 Å². The maximum Gasteiger partial charge on any atom is 0.225 e. The van der Waals surface area contributed by atoms with Crippen molar-refractivity contribution >= 4 is 28.9 Å². The van der Waals surface area contributed by atoms with Crippen molar-refractivity contribution in [2.75, 3.05) is 5.73 Å². The fourth-order valence-electron chi connectivity index (χ4n) is 4.97. The highest BCUT2D eigenvalue weighted by Crippen LogP contribution is 2.52. The summed E-state index contributed by atoms with van der Waals surface area (Å²) in [6.07, 6.45) is 4.33. The number of pyridine rings is 1. The first-order chi connectivity index (χ1) is 14.3. The molecule has 150 valence electrons. The second kappa shape index (κ2) is 7.33. The van der Waals surface area contributed by atoms with Gasteiger partial charge in [-0.25, -0.2) is 4.98 Å².